The molecule has 0 saturated heterocycles. The van der Waals surface area contributed by atoms with Crippen LogP contribution in [0.2, 0.25) is 0 Å². The van der Waals surface area contributed by atoms with Gasteiger partial charge in [-0.1, -0.05) is 31.9 Å². The molecule has 2 aromatic rings. The number of nitrogens with one attached hydrogen (secondary N) is 1. The third-order valence-electron chi connectivity index (χ3n) is 3.63. The molecule has 3 nitrogen and oxygen atoms in total. The lowest BCUT2D eigenvalue weighted by Crippen LogP contribution is -2.11. The molecular formula is C16H23N3. The van der Waals surface area contributed by atoms with Crippen LogP contribution in [0.15, 0.2) is 24.4 Å². The van der Waals surface area contributed by atoms with Crippen LogP contribution in [0, 0.1) is 13.8 Å². The van der Waals surface area contributed by atoms with Crippen LogP contribution in [-0.2, 0) is 0 Å². The Kier molecular flexibility index (Phi) is 4.38. The molecule has 0 fully saturated rings. The van der Waals surface area contributed by atoms with Gasteiger partial charge in [0.2, 0.25) is 0 Å². The summed E-state index contributed by atoms with van der Waals surface area (Å²) in [5, 5.41) is 0. The average molecular weight is 257 g/mol. The third-order valence-corrected chi connectivity index (χ3v) is 3.63. The van der Waals surface area contributed by atoms with Gasteiger partial charge in [-0.2, -0.15) is 0 Å². The van der Waals surface area contributed by atoms with Crippen molar-refractivity contribution in [3.05, 3.63) is 41.3 Å². The summed E-state index contributed by atoms with van der Waals surface area (Å²) in [5.41, 5.74) is 11.0. The van der Waals surface area contributed by atoms with Crippen molar-refractivity contribution in [2.24, 2.45) is 5.73 Å². The van der Waals surface area contributed by atoms with Crippen molar-refractivity contribution in [1.82, 2.24) is 9.97 Å². The lowest BCUT2D eigenvalue weighted by Gasteiger charge is -2.07. The summed E-state index contributed by atoms with van der Waals surface area (Å²) in [6.45, 7) is 6.43. The number of aromatic amines is 1. The Balaban J connectivity index is 2.18. The van der Waals surface area contributed by atoms with Gasteiger partial charge in [0.25, 0.3) is 0 Å². The maximum absolute atomic E-state index is 6.13. The number of imidazole rings is 1. The van der Waals surface area contributed by atoms with Crippen molar-refractivity contribution in [3.8, 4) is 11.3 Å². The molecule has 2 rings (SSSR count). The molecule has 3 N–H and O–H groups in total. The molecular weight excluding hydrogens is 234 g/mol. The van der Waals surface area contributed by atoms with Crippen molar-refractivity contribution >= 4 is 0 Å². The number of nitrogens with zero attached hydrogens (tertiary/aromatic N) is 1. The zero-order valence-corrected chi connectivity index (χ0v) is 12.0. The highest BCUT2D eigenvalue weighted by Gasteiger charge is 2.10. The first kappa shape index (κ1) is 13.8. The van der Waals surface area contributed by atoms with Crippen molar-refractivity contribution in [2.75, 3.05) is 0 Å². The van der Waals surface area contributed by atoms with E-state index in [9.17, 15) is 0 Å². The maximum Gasteiger partial charge on any atom is 0.123 e. The number of rotatable bonds is 5. The quantitative estimate of drug-likeness (QED) is 0.854. The highest BCUT2D eigenvalue weighted by atomic mass is 15.0. The van der Waals surface area contributed by atoms with Crippen molar-refractivity contribution in [2.45, 2.75) is 46.1 Å². The Labute approximate surface area is 115 Å². The monoisotopic (exact) mass is 257 g/mol. The molecule has 19 heavy (non-hydrogen) atoms. The molecule has 1 heterocycles. The Morgan fingerprint density at radius 1 is 1.26 bits per heavy atom. The van der Waals surface area contributed by atoms with E-state index in [0.717, 1.165) is 24.4 Å². The van der Waals surface area contributed by atoms with Crippen LogP contribution in [0.5, 0.6) is 0 Å². The van der Waals surface area contributed by atoms with Gasteiger partial charge < -0.3 is 10.7 Å². The number of hydrogen-bond donors (Lipinski definition) is 2. The second-order valence-corrected chi connectivity index (χ2v) is 5.23. The van der Waals surface area contributed by atoms with Crippen molar-refractivity contribution in [1.29, 1.82) is 0 Å². The van der Waals surface area contributed by atoms with E-state index in [-0.39, 0.29) is 6.04 Å². The molecule has 0 amide bonds. The number of benzene rings is 1. The van der Waals surface area contributed by atoms with Crippen LogP contribution >= 0.6 is 0 Å². The van der Waals surface area contributed by atoms with Crippen molar-refractivity contribution in [3.63, 3.8) is 0 Å². The van der Waals surface area contributed by atoms with E-state index in [1.807, 2.05) is 6.20 Å². The van der Waals surface area contributed by atoms with Gasteiger partial charge >= 0.3 is 0 Å². The molecule has 0 saturated carbocycles. The lowest BCUT2D eigenvalue weighted by atomic mass is 10.0. The summed E-state index contributed by atoms with van der Waals surface area (Å²) in [4.78, 5) is 7.77. The summed E-state index contributed by atoms with van der Waals surface area (Å²) in [5.74, 6) is 0.890. The molecule has 0 aliphatic rings. The fourth-order valence-electron chi connectivity index (χ4n) is 2.14. The predicted octanol–water partition coefficient (Wildman–Crippen LogP) is 3.88. The zero-order chi connectivity index (χ0) is 13.8. The molecule has 0 bridgehead atoms. The van der Waals surface area contributed by atoms with Gasteiger partial charge in [-0.3, -0.25) is 0 Å². The fraction of sp³-hybridized carbons (Fsp3) is 0.438. The van der Waals surface area contributed by atoms with Crippen LogP contribution in [0.25, 0.3) is 11.3 Å². The van der Waals surface area contributed by atoms with E-state index < -0.39 is 0 Å². The molecule has 1 atom stereocenters. The zero-order valence-electron chi connectivity index (χ0n) is 12.0. The van der Waals surface area contributed by atoms with E-state index in [0.29, 0.717) is 0 Å². The Morgan fingerprint density at radius 2 is 2.05 bits per heavy atom. The first-order valence-electron chi connectivity index (χ1n) is 7.00. The number of hydrogen-bond acceptors (Lipinski definition) is 2. The van der Waals surface area contributed by atoms with E-state index in [4.69, 9.17) is 5.73 Å². The first-order valence-corrected chi connectivity index (χ1v) is 7.00. The minimum atomic E-state index is 0.0141. The molecule has 3 heteroatoms. The van der Waals surface area contributed by atoms with Gasteiger partial charge in [0.1, 0.15) is 5.82 Å². The number of unbranched alkanes of at least 4 members (excludes halogenated alkanes) is 1. The highest BCUT2D eigenvalue weighted by molar-refractivity contribution is 5.60. The van der Waals surface area contributed by atoms with Crippen LogP contribution < -0.4 is 5.73 Å². The molecule has 0 radical (unpaired) electrons. The minimum absolute atomic E-state index is 0.0141. The molecule has 1 aromatic carbocycles. The minimum Gasteiger partial charge on any atom is -0.341 e. The van der Waals surface area contributed by atoms with Gasteiger partial charge in [-0.15, -0.1) is 0 Å². The first-order chi connectivity index (χ1) is 9.11. The molecule has 1 aromatic heterocycles. The third kappa shape index (κ3) is 3.24. The standard InChI is InChI=1S/C16H23N3/c1-4-5-6-14(17)16-18-10-15(19-16)13-8-7-11(2)12(3)9-13/h7-10,14H,4-6,17H2,1-3H3,(H,18,19). The lowest BCUT2D eigenvalue weighted by molar-refractivity contribution is 0.580. The Morgan fingerprint density at radius 3 is 2.74 bits per heavy atom. The maximum atomic E-state index is 6.13. The van der Waals surface area contributed by atoms with Gasteiger partial charge in [0, 0.05) is 0 Å². The SMILES string of the molecule is CCCCC(N)c1ncc(-c2ccc(C)c(C)c2)[nH]1. The molecule has 0 aliphatic heterocycles. The summed E-state index contributed by atoms with van der Waals surface area (Å²) >= 11 is 0. The second kappa shape index (κ2) is 6.02. The Hall–Kier alpha value is -1.61. The highest BCUT2D eigenvalue weighted by Crippen LogP contribution is 2.22. The predicted molar refractivity (Wildman–Crippen MR) is 80.0 cm³/mol. The van der Waals surface area contributed by atoms with E-state index in [2.05, 4.69) is 48.9 Å². The second-order valence-electron chi connectivity index (χ2n) is 5.23. The van der Waals surface area contributed by atoms with Crippen LogP contribution in [0.4, 0.5) is 0 Å². The number of aryl methyl sites for hydroxylation is 2. The van der Waals surface area contributed by atoms with Crippen LogP contribution in [0.1, 0.15) is 49.2 Å². The summed E-state index contributed by atoms with van der Waals surface area (Å²) in [6, 6.07) is 6.46. The number of H-pyrrole nitrogens is 1. The molecule has 0 aliphatic carbocycles. The number of aromatic nitrogens is 2. The largest absolute Gasteiger partial charge is 0.341 e. The number of nitrogens with two attached hydrogens (primary N) is 1. The van der Waals surface area contributed by atoms with E-state index >= 15 is 0 Å². The molecule has 102 valence electrons. The smallest absolute Gasteiger partial charge is 0.123 e. The van der Waals surface area contributed by atoms with Gasteiger partial charge in [0.05, 0.1) is 17.9 Å². The Bertz CT molecular complexity index is 543. The summed E-state index contributed by atoms with van der Waals surface area (Å²) in [6.07, 6.45) is 5.17. The molecule has 1 unspecified atom stereocenters. The van der Waals surface area contributed by atoms with Gasteiger partial charge in [-0.25, -0.2) is 4.98 Å². The fourth-order valence-corrected chi connectivity index (χ4v) is 2.14. The van der Waals surface area contributed by atoms with Crippen molar-refractivity contribution < 1.29 is 0 Å². The normalized spacial score (nSPS) is 12.6. The van der Waals surface area contributed by atoms with E-state index in [1.165, 1.54) is 23.1 Å². The molecule has 0 spiro atoms. The summed E-state index contributed by atoms with van der Waals surface area (Å²) < 4.78 is 0. The van der Waals surface area contributed by atoms with Gasteiger partial charge in [0.15, 0.2) is 0 Å². The average Bonchev–Trinajstić information content (AvgIpc) is 2.89. The van der Waals surface area contributed by atoms with Crippen LogP contribution in [0.3, 0.4) is 0 Å². The topological polar surface area (TPSA) is 54.7 Å². The van der Waals surface area contributed by atoms with E-state index in [1.54, 1.807) is 0 Å². The van der Waals surface area contributed by atoms with Gasteiger partial charge in [-0.05, 0) is 43.0 Å². The summed E-state index contributed by atoms with van der Waals surface area (Å²) in [7, 11) is 0. The van der Waals surface area contributed by atoms with Crippen LogP contribution in [-0.4, -0.2) is 9.97 Å².